The van der Waals surface area contributed by atoms with E-state index in [-0.39, 0.29) is 17.6 Å². The third-order valence-electron chi connectivity index (χ3n) is 4.73. The summed E-state index contributed by atoms with van der Waals surface area (Å²) in [5, 5.41) is 2.97. The third kappa shape index (κ3) is 5.02. The molecule has 0 radical (unpaired) electrons. The predicted octanol–water partition coefficient (Wildman–Crippen LogP) is 4.50. The van der Waals surface area contributed by atoms with Crippen LogP contribution in [0, 0.1) is 5.92 Å². The van der Waals surface area contributed by atoms with E-state index in [0.717, 1.165) is 36.9 Å². The Morgan fingerprint density at radius 3 is 2.69 bits per heavy atom. The summed E-state index contributed by atoms with van der Waals surface area (Å²) in [6.07, 6.45) is 1.91. The number of halogens is 1. The quantitative estimate of drug-likeness (QED) is 0.732. The minimum absolute atomic E-state index is 0.000520. The minimum atomic E-state index is -0.0276. The van der Waals surface area contributed by atoms with E-state index in [1.54, 1.807) is 18.2 Å². The summed E-state index contributed by atoms with van der Waals surface area (Å²) in [5.41, 5.74) is 2.56. The second kappa shape index (κ2) is 8.60. The molecule has 5 heteroatoms. The predicted molar refractivity (Wildman–Crippen MR) is 107 cm³/mol. The van der Waals surface area contributed by atoms with Crippen LogP contribution in [0.4, 0.5) is 5.69 Å². The average molecular weight is 415 g/mol. The fourth-order valence-corrected chi connectivity index (χ4v) is 3.59. The van der Waals surface area contributed by atoms with Gasteiger partial charge in [0, 0.05) is 28.8 Å². The van der Waals surface area contributed by atoms with Gasteiger partial charge in [0.05, 0.1) is 5.92 Å². The number of ketones is 1. The second-order valence-electron chi connectivity index (χ2n) is 6.83. The average Bonchev–Trinajstić information content (AvgIpc) is 2.64. The molecule has 1 aliphatic heterocycles. The summed E-state index contributed by atoms with van der Waals surface area (Å²) < 4.78 is 1.07. The monoisotopic (exact) mass is 414 g/mol. The van der Waals surface area contributed by atoms with Crippen molar-refractivity contribution in [3.8, 4) is 0 Å². The van der Waals surface area contributed by atoms with Gasteiger partial charge in [-0.05, 0) is 56.1 Å². The fourth-order valence-electron chi connectivity index (χ4n) is 3.32. The first kappa shape index (κ1) is 18.8. The van der Waals surface area contributed by atoms with Crippen LogP contribution in [0.5, 0.6) is 0 Å². The molecule has 3 rings (SSSR count). The Hall–Kier alpha value is -1.98. The summed E-state index contributed by atoms with van der Waals surface area (Å²) in [6, 6.07) is 15.4. The van der Waals surface area contributed by atoms with Gasteiger partial charge in [0.2, 0.25) is 5.91 Å². The first-order valence-electron chi connectivity index (χ1n) is 8.90. The van der Waals surface area contributed by atoms with E-state index in [0.29, 0.717) is 11.3 Å². The van der Waals surface area contributed by atoms with Crippen LogP contribution in [-0.4, -0.2) is 29.7 Å². The molecule has 2 aromatic rings. The molecule has 0 saturated carbocycles. The molecule has 0 bridgehead atoms. The number of carbonyl (C=O) groups excluding carboxylic acids is 2. The zero-order valence-electron chi connectivity index (χ0n) is 14.9. The van der Waals surface area contributed by atoms with Gasteiger partial charge in [-0.2, -0.15) is 0 Å². The Balaban J connectivity index is 1.60. The van der Waals surface area contributed by atoms with Crippen LogP contribution in [0.2, 0.25) is 0 Å². The van der Waals surface area contributed by atoms with Crippen LogP contribution in [0.3, 0.4) is 0 Å². The largest absolute Gasteiger partial charge is 0.326 e. The molecule has 1 unspecified atom stereocenters. The smallest absolute Gasteiger partial charge is 0.228 e. The van der Waals surface area contributed by atoms with E-state index in [1.807, 2.05) is 18.2 Å². The maximum Gasteiger partial charge on any atom is 0.228 e. The van der Waals surface area contributed by atoms with E-state index in [4.69, 9.17) is 0 Å². The number of nitrogens with zero attached hydrogens (tertiary/aromatic N) is 1. The van der Waals surface area contributed by atoms with Crippen LogP contribution in [0.25, 0.3) is 0 Å². The number of nitrogens with one attached hydrogen (secondary N) is 1. The SMILES string of the molecule is CC(=O)c1cccc(NC(=O)C2CCCN(Cc3ccc(Br)cc3)C2)c1. The van der Waals surface area contributed by atoms with Gasteiger partial charge < -0.3 is 5.32 Å². The number of carbonyl (C=O) groups is 2. The van der Waals surface area contributed by atoms with Crippen molar-refractivity contribution in [3.63, 3.8) is 0 Å². The Bertz CT molecular complexity index is 789. The summed E-state index contributed by atoms with van der Waals surface area (Å²) >= 11 is 3.46. The molecule has 1 heterocycles. The van der Waals surface area contributed by atoms with Crippen molar-refractivity contribution in [3.05, 3.63) is 64.1 Å². The first-order chi connectivity index (χ1) is 12.5. The highest BCUT2D eigenvalue weighted by Gasteiger charge is 2.26. The van der Waals surface area contributed by atoms with Crippen molar-refractivity contribution in [2.24, 2.45) is 5.92 Å². The van der Waals surface area contributed by atoms with Crippen LogP contribution in [-0.2, 0) is 11.3 Å². The Morgan fingerprint density at radius 2 is 1.96 bits per heavy atom. The van der Waals surface area contributed by atoms with Crippen molar-refractivity contribution in [1.82, 2.24) is 4.90 Å². The Kier molecular flexibility index (Phi) is 6.22. The van der Waals surface area contributed by atoms with Crippen molar-refractivity contribution < 1.29 is 9.59 Å². The van der Waals surface area contributed by atoms with Crippen LogP contribution in [0.1, 0.15) is 35.7 Å². The lowest BCUT2D eigenvalue weighted by molar-refractivity contribution is -0.121. The molecule has 1 saturated heterocycles. The highest BCUT2D eigenvalue weighted by Crippen LogP contribution is 2.21. The van der Waals surface area contributed by atoms with Gasteiger partial charge in [-0.3, -0.25) is 14.5 Å². The molecule has 4 nitrogen and oxygen atoms in total. The Morgan fingerprint density at radius 1 is 1.19 bits per heavy atom. The van der Waals surface area contributed by atoms with E-state index < -0.39 is 0 Å². The molecule has 1 fully saturated rings. The fraction of sp³-hybridized carbons (Fsp3) is 0.333. The lowest BCUT2D eigenvalue weighted by atomic mass is 9.96. The van der Waals surface area contributed by atoms with Gasteiger partial charge in [0.15, 0.2) is 5.78 Å². The lowest BCUT2D eigenvalue weighted by Gasteiger charge is -2.32. The standard InChI is InChI=1S/C21H23BrN2O2/c1-15(25)17-4-2-6-20(12-17)23-21(26)18-5-3-11-24(14-18)13-16-7-9-19(22)10-8-16/h2,4,6-10,12,18H,3,5,11,13-14H2,1H3,(H,23,26). The number of hydrogen-bond donors (Lipinski definition) is 1. The molecular formula is C21H23BrN2O2. The van der Waals surface area contributed by atoms with Crippen molar-refractivity contribution in [1.29, 1.82) is 0 Å². The molecule has 1 amide bonds. The van der Waals surface area contributed by atoms with Gasteiger partial charge in [0.1, 0.15) is 0 Å². The third-order valence-corrected chi connectivity index (χ3v) is 5.26. The number of amides is 1. The molecule has 1 aliphatic rings. The Labute approximate surface area is 162 Å². The molecule has 1 atom stereocenters. The molecule has 0 aliphatic carbocycles. The molecule has 26 heavy (non-hydrogen) atoms. The van der Waals surface area contributed by atoms with Crippen molar-refractivity contribution >= 4 is 33.3 Å². The zero-order chi connectivity index (χ0) is 18.5. The molecule has 2 aromatic carbocycles. The summed E-state index contributed by atoms with van der Waals surface area (Å²) in [7, 11) is 0. The van der Waals surface area contributed by atoms with E-state index in [9.17, 15) is 9.59 Å². The number of hydrogen-bond acceptors (Lipinski definition) is 3. The number of Topliss-reactive ketones (excluding diaryl/α,β-unsaturated/α-hetero) is 1. The number of benzene rings is 2. The summed E-state index contributed by atoms with van der Waals surface area (Å²) in [5.74, 6) is 0.00540. The number of anilines is 1. The minimum Gasteiger partial charge on any atom is -0.326 e. The van der Waals surface area contributed by atoms with E-state index >= 15 is 0 Å². The zero-order valence-corrected chi connectivity index (χ0v) is 16.5. The van der Waals surface area contributed by atoms with Gasteiger partial charge in [-0.15, -0.1) is 0 Å². The molecule has 1 N–H and O–H groups in total. The van der Waals surface area contributed by atoms with Gasteiger partial charge in [-0.25, -0.2) is 0 Å². The summed E-state index contributed by atoms with van der Waals surface area (Å²) in [6.45, 7) is 4.16. The normalized spacial score (nSPS) is 17.7. The van der Waals surface area contributed by atoms with Crippen molar-refractivity contribution in [2.75, 3.05) is 18.4 Å². The van der Waals surface area contributed by atoms with E-state index in [2.05, 4.69) is 38.3 Å². The first-order valence-corrected chi connectivity index (χ1v) is 9.69. The van der Waals surface area contributed by atoms with Gasteiger partial charge in [-0.1, -0.05) is 40.2 Å². The molecule has 0 spiro atoms. The van der Waals surface area contributed by atoms with Gasteiger partial charge in [0.25, 0.3) is 0 Å². The van der Waals surface area contributed by atoms with Crippen LogP contribution >= 0.6 is 15.9 Å². The topological polar surface area (TPSA) is 49.4 Å². The lowest BCUT2D eigenvalue weighted by Crippen LogP contribution is -2.40. The van der Waals surface area contributed by atoms with Crippen molar-refractivity contribution in [2.45, 2.75) is 26.3 Å². The molecule has 136 valence electrons. The highest BCUT2D eigenvalue weighted by atomic mass is 79.9. The molecular weight excluding hydrogens is 392 g/mol. The van der Waals surface area contributed by atoms with Crippen LogP contribution < -0.4 is 5.32 Å². The summed E-state index contributed by atoms with van der Waals surface area (Å²) in [4.78, 5) is 26.5. The maximum absolute atomic E-state index is 12.7. The number of rotatable bonds is 5. The highest BCUT2D eigenvalue weighted by molar-refractivity contribution is 9.10. The molecule has 0 aromatic heterocycles. The second-order valence-corrected chi connectivity index (χ2v) is 7.74. The van der Waals surface area contributed by atoms with E-state index in [1.165, 1.54) is 12.5 Å². The number of likely N-dealkylation sites (tertiary alicyclic amines) is 1. The number of piperidine rings is 1. The van der Waals surface area contributed by atoms with Crippen LogP contribution in [0.15, 0.2) is 53.0 Å². The van der Waals surface area contributed by atoms with Gasteiger partial charge >= 0.3 is 0 Å². The maximum atomic E-state index is 12.7.